The van der Waals surface area contributed by atoms with Gasteiger partial charge >= 0.3 is 12.1 Å². The van der Waals surface area contributed by atoms with Crippen LogP contribution < -0.4 is 10.7 Å². The number of aromatic nitrogens is 1. The van der Waals surface area contributed by atoms with Gasteiger partial charge in [0.15, 0.2) is 0 Å². The number of amides is 2. The zero-order valence-corrected chi connectivity index (χ0v) is 18.4. The van der Waals surface area contributed by atoms with E-state index >= 15 is 0 Å². The average molecular weight is 486 g/mol. The second-order valence-electron chi connectivity index (χ2n) is 7.92. The molecule has 1 aromatic heterocycles. The number of para-hydroxylation sites is 1. The Morgan fingerprint density at radius 2 is 1.80 bits per heavy atom. The summed E-state index contributed by atoms with van der Waals surface area (Å²) in [7, 11) is 0. The first-order valence-electron chi connectivity index (χ1n) is 10.7. The third kappa shape index (κ3) is 5.18. The van der Waals surface area contributed by atoms with Crippen molar-refractivity contribution in [3.05, 3.63) is 65.9 Å². The Balaban J connectivity index is 1.46. The maximum atomic E-state index is 13.0. The number of benzene rings is 2. The maximum Gasteiger partial charge on any atom is 0.416 e. The van der Waals surface area contributed by atoms with Crippen molar-refractivity contribution >= 4 is 40.6 Å². The van der Waals surface area contributed by atoms with E-state index < -0.39 is 47.3 Å². The topological polar surface area (TPSA) is 113 Å². The van der Waals surface area contributed by atoms with Gasteiger partial charge in [0.25, 0.3) is 0 Å². The highest BCUT2D eigenvalue weighted by atomic mass is 19.4. The molecule has 0 radical (unpaired) electrons. The summed E-state index contributed by atoms with van der Waals surface area (Å²) in [6.07, 6.45) is -1.45. The van der Waals surface area contributed by atoms with Gasteiger partial charge in [-0.25, -0.2) is 5.43 Å². The van der Waals surface area contributed by atoms with Crippen LogP contribution in [0.2, 0.25) is 0 Å². The van der Waals surface area contributed by atoms with Crippen molar-refractivity contribution in [1.29, 1.82) is 0 Å². The molecule has 3 aromatic rings. The minimum absolute atomic E-state index is 0.0460. The molecule has 8 nitrogen and oxygen atoms in total. The molecule has 4 rings (SSSR count). The highest BCUT2D eigenvalue weighted by Crippen LogP contribution is 2.48. The van der Waals surface area contributed by atoms with Crippen molar-refractivity contribution in [1.82, 2.24) is 10.4 Å². The lowest BCUT2D eigenvalue weighted by molar-refractivity contribution is -0.146. The first-order chi connectivity index (χ1) is 16.7. The molecular weight excluding hydrogens is 465 g/mol. The lowest BCUT2D eigenvalue weighted by Crippen LogP contribution is -2.24. The number of esters is 1. The molecule has 1 aliphatic carbocycles. The molecule has 1 saturated carbocycles. The second kappa shape index (κ2) is 9.61. The van der Waals surface area contributed by atoms with Gasteiger partial charge in [-0.05, 0) is 31.2 Å². The third-order valence-electron chi connectivity index (χ3n) is 5.64. The van der Waals surface area contributed by atoms with Gasteiger partial charge in [-0.15, -0.1) is 0 Å². The molecule has 2 amide bonds. The van der Waals surface area contributed by atoms with Crippen molar-refractivity contribution < 1.29 is 32.3 Å². The van der Waals surface area contributed by atoms with Gasteiger partial charge in [0, 0.05) is 28.4 Å². The number of carbonyl (C=O) groups is 3. The van der Waals surface area contributed by atoms with Gasteiger partial charge in [-0.2, -0.15) is 18.3 Å². The van der Waals surface area contributed by atoms with Crippen LogP contribution in [0.25, 0.3) is 10.9 Å². The van der Waals surface area contributed by atoms with E-state index in [2.05, 4.69) is 20.8 Å². The fraction of sp³-hybridized carbons (Fsp3) is 0.250. The van der Waals surface area contributed by atoms with E-state index in [1.54, 1.807) is 13.1 Å². The minimum atomic E-state index is -4.58. The average Bonchev–Trinajstić information content (AvgIpc) is 3.46. The largest absolute Gasteiger partial charge is 0.466 e. The van der Waals surface area contributed by atoms with Crippen LogP contribution in [0.4, 0.5) is 18.9 Å². The van der Waals surface area contributed by atoms with Crippen LogP contribution in [0.3, 0.4) is 0 Å². The molecule has 35 heavy (non-hydrogen) atoms. The van der Waals surface area contributed by atoms with Crippen LogP contribution in [0, 0.1) is 17.8 Å². The van der Waals surface area contributed by atoms with Gasteiger partial charge in [0.2, 0.25) is 11.8 Å². The number of alkyl halides is 3. The highest BCUT2D eigenvalue weighted by Gasteiger charge is 2.63. The number of anilines is 1. The van der Waals surface area contributed by atoms with Crippen molar-refractivity contribution in [2.45, 2.75) is 13.1 Å². The lowest BCUT2D eigenvalue weighted by atomic mass is 10.2. The van der Waals surface area contributed by atoms with Crippen LogP contribution in [-0.2, 0) is 25.3 Å². The molecule has 1 heterocycles. The number of nitrogens with zero attached hydrogens (tertiary/aromatic N) is 1. The maximum absolute atomic E-state index is 13.0. The van der Waals surface area contributed by atoms with Crippen LogP contribution in [-0.4, -0.2) is 35.6 Å². The number of H-pyrrole nitrogens is 1. The molecule has 1 aliphatic rings. The zero-order valence-electron chi connectivity index (χ0n) is 18.4. The molecule has 3 unspecified atom stereocenters. The predicted molar refractivity (Wildman–Crippen MR) is 121 cm³/mol. The Bertz CT molecular complexity index is 1300. The first-order valence-corrected chi connectivity index (χ1v) is 10.7. The van der Waals surface area contributed by atoms with Gasteiger partial charge in [0.05, 0.1) is 36.1 Å². The Kier molecular flexibility index (Phi) is 6.59. The number of aromatic amines is 1. The summed E-state index contributed by atoms with van der Waals surface area (Å²) >= 11 is 0. The fourth-order valence-electron chi connectivity index (χ4n) is 3.93. The predicted octanol–water partition coefficient (Wildman–Crippen LogP) is 3.70. The molecule has 3 atom stereocenters. The smallest absolute Gasteiger partial charge is 0.416 e. The molecule has 0 saturated heterocycles. The van der Waals surface area contributed by atoms with E-state index in [0.29, 0.717) is 0 Å². The SMILES string of the molecule is CCOC(=O)C1C(C(=O)NN=Cc2c[nH]c3ccccc23)C1C(=O)Nc1cccc(C(F)(F)F)c1. The minimum Gasteiger partial charge on any atom is -0.466 e. The fourth-order valence-corrected chi connectivity index (χ4v) is 3.93. The number of hydrogen-bond acceptors (Lipinski definition) is 5. The lowest BCUT2D eigenvalue weighted by Gasteiger charge is -2.10. The van der Waals surface area contributed by atoms with Crippen molar-refractivity contribution in [2.24, 2.45) is 22.9 Å². The quantitative estimate of drug-likeness (QED) is 0.269. The van der Waals surface area contributed by atoms with E-state index in [4.69, 9.17) is 4.74 Å². The third-order valence-corrected chi connectivity index (χ3v) is 5.64. The number of hydrogen-bond donors (Lipinski definition) is 3. The number of fused-ring (bicyclic) bond motifs is 1. The van der Waals surface area contributed by atoms with E-state index in [9.17, 15) is 27.6 Å². The van der Waals surface area contributed by atoms with Crippen molar-refractivity contribution in [2.75, 3.05) is 11.9 Å². The molecule has 182 valence electrons. The standard InChI is InChI=1S/C24H21F3N4O4/c1-2-35-23(34)20-18(21(32)30-15-7-5-6-14(10-15)24(25,26)27)19(20)22(33)31-29-12-13-11-28-17-9-4-3-8-16(13)17/h3-12,18-20,28H,2H2,1H3,(H,30,32)(H,31,33). The Hall–Kier alpha value is -4.15. The van der Waals surface area contributed by atoms with Crippen LogP contribution in [0.5, 0.6) is 0 Å². The number of nitrogens with one attached hydrogen (secondary N) is 3. The summed E-state index contributed by atoms with van der Waals surface area (Å²) in [6.45, 7) is 1.63. The van der Waals surface area contributed by atoms with Crippen LogP contribution >= 0.6 is 0 Å². The molecule has 3 N–H and O–H groups in total. The summed E-state index contributed by atoms with van der Waals surface area (Å²) in [4.78, 5) is 40.8. The monoisotopic (exact) mass is 486 g/mol. The highest BCUT2D eigenvalue weighted by molar-refractivity contribution is 6.05. The molecule has 0 bridgehead atoms. The zero-order chi connectivity index (χ0) is 25.2. The van der Waals surface area contributed by atoms with E-state index in [-0.39, 0.29) is 12.3 Å². The van der Waals surface area contributed by atoms with Crippen LogP contribution in [0.15, 0.2) is 59.8 Å². The number of hydrazone groups is 1. The second-order valence-corrected chi connectivity index (χ2v) is 7.92. The molecular formula is C24H21F3N4O4. The van der Waals surface area contributed by atoms with Crippen LogP contribution in [0.1, 0.15) is 18.1 Å². The van der Waals surface area contributed by atoms with E-state index in [1.807, 2.05) is 24.3 Å². The molecule has 0 aliphatic heterocycles. The van der Waals surface area contributed by atoms with Gasteiger partial charge in [-0.1, -0.05) is 24.3 Å². The normalized spacial score (nSPS) is 19.5. The summed E-state index contributed by atoms with van der Waals surface area (Å²) in [6, 6.07) is 11.6. The number of ether oxygens (including phenoxy) is 1. The molecule has 1 fully saturated rings. The summed E-state index contributed by atoms with van der Waals surface area (Å²) in [5.74, 6) is -5.42. The number of halogens is 3. The molecule has 2 aromatic carbocycles. The van der Waals surface area contributed by atoms with E-state index in [0.717, 1.165) is 34.7 Å². The first kappa shape index (κ1) is 24.0. The van der Waals surface area contributed by atoms with Gasteiger partial charge < -0.3 is 15.0 Å². The Labute approximate surface area is 197 Å². The van der Waals surface area contributed by atoms with Gasteiger partial charge in [0.1, 0.15) is 0 Å². The molecule has 0 spiro atoms. The van der Waals surface area contributed by atoms with Crippen molar-refractivity contribution in [3.8, 4) is 0 Å². The number of rotatable bonds is 7. The number of carbonyl (C=O) groups excluding carboxylic acids is 3. The summed E-state index contributed by atoms with van der Waals surface area (Å²) in [5.41, 5.74) is 2.90. The summed E-state index contributed by atoms with van der Waals surface area (Å²) in [5, 5.41) is 7.17. The van der Waals surface area contributed by atoms with Crippen molar-refractivity contribution in [3.63, 3.8) is 0 Å². The summed E-state index contributed by atoms with van der Waals surface area (Å²) < 4.78 is 43.8. The Morgan fingerprint density at radius 3 is 2.54 bits per heavy atom. The van der Waals surface area contributed by atoms with E-state index in [1.165, 1.54) is 12.3 Å². The Morgan fingerprint density at radius 1 is 1.06 bits per heavy atom. The molecule has 11 heteroatoms. The van der Waals surface area contributed by atoms with Gasteiger partial charge in [-0.3, -0.25) is 14.4 Å².